The van der Waals surface area contributed by atoms with Gasteiger partial charge < -0.3 is 15.0 Å². The van der Waals surface area contributed by atoms with E-state index in [2.05, 4.69) is 65.2 Å². The van der Waals surface area contributed by atoms with Crippen LogP contribution >= 0.6 is 15.9 Å². The minimum Gasteiger partial charge on any atom is -0.379 e. The van der Waals surface area contributed by atoms with E-state index in [9.17, 15) is 0 Å². The number of anilines is 1. The van der Waals surface area contributed by atoms with Gasteiger partial charge in [-0.15, -0.1) is 0 Å². The minimum atomic E-state index is 0.385. The Morgan fingerprint density at radius 2 is 2.32 bits per heavy atom. The molecule has 0 bridgehead atoms. The molecule has 2 rings (SSSR count). The molecule has 0 aliphatic carbocycles. The zero-order chi connectivity index (χ0) is 13.8. The highest BCUT2D eigenvalue weighted by atomic mass is 79.9. The van der Waals surface area contributed by atoms with E-state index in [4.69, 9.17) is 4.74 Å². The van der Waals surface area contributed by atoms with Crippen LogP contribution in [-0.2, 0) is 4.74 Å². The van der Waals surface area contributed by atoms with E-state index < -0.39 is 0 Å². The van der Waals surface area contributed by atoms with Crippen molar-refractivity contribution in [2.75, 3.05) is 31.7 Å². The monoisotopic (exact) mass is 326 g/mol. The van der Waals surface area contributed by atoms with Crippen molar-refractivity contribution in [3.8, 4) is 0 Å². The van der Waals surface area contributed by atoms with Crippen LogP contribution in [0, 0.1) is 0 Å². The zero-order valence-electron chi connectivity index (χ0n) is 11.9. The first-order chi connectivity index (χ1) is 9.13. The highest BCUT2D eigenvalue weighted by Crippen LogP contribution is 2.31. The molecule has 0 aromatic heterocycles. The Kier molecular flexibility index (Phi) is 5.25. The highest BCUT2D eigenvalue weighted by molar-refractivity contribution is 9.10. The maximum absolute atomic E-state index is 5.47. The van der Waals surface area contributed by atoms with Crippen molar-refractivity contribution in [3.05, 3.63) is 28.2 Å². The average molecular weight is 327 g/mol. The van der Waals surface area contributed by atoms with Crippen LogP contribution in [0.2, 0.25) is 0 Å². The summed E-state index contributed by atoms with van der Waals surface area (Å²) >= 11 is 3.70. The predicted octanol–water partition coefficient (Wildman–Crippen LogP) is 3.34. The van der Waals surface area contributed by atoms with Gasteiger partial charge in [-0.2, -0.15) is 0 Å². The second-order valence-electron chi connectivity index (χ2n) is 5.12. The van der Waals surface area contributed by atoms with Crippen LogP contribution < -0.4 is 10.2 Å². The average Bonchev–Trinajstić information content (AvgIpc) is 2.92. The maximum Gasteiger partial charge on any atom is 0.0670 e. The second kappa shape index (κ2) is 6.73. The second-order valence-corrected chi connectivity index (χ2v) is 5.97. The third-order valence-corrected chi connectivity index (χ3v) is 4.45. The molecule has 0 radical (unpaired) electrons. The van der Waals surface area contributed by atoms with Crippen molar-refractivity contribution in [2.24, 2.45) is 0 Å². The summed E-state index contributed by atoms with van der Waals surface area (Å²) in [7, 11) is 2.15. The number of nitrogens with zero attached hydrogens (tertiary/aromatic N) is 1. The fourth-order valence-corrected chi connectivity index (χ4v) is 3.20. The highest BCUT2D eigenvalue weighted by Gasteiger charge is 2.22. The smallest absolute Gasteiger partial charge is 0.0670 e. The molecule has 0 amide bonds. The van der Waals surface area contributed by atoms with Crippen molar-refractivity contribution >= 4 is 21.6 Å². The van der Waals surface area contributed by atoms with Gasteiger partial charge in [0.1, 0.15) is 0 Å². The molecular formula is C15H23BrN2O. The van der Waals surface area contributed by atoms with E-state index in [1.165, 1.54) is 11.3 Å². The predicted molar refractivity (Wildman–Crippen MR) is 83.9 cm³/mol. The Balaban J connectivity index is 2.14. The van der Waals surface area contributed by atoms with Gasteiger partial charge in [-0.1, -0.05) is 13.0 Å². The van der Waals surface area contributed by atoms with Gasteiger partial charge in [-0.05, 0) is 53.5 Å². The fourth-order valence-electron chi connectivity index (χ4n) is 2.53. The van der Waals surface area contributed by atoms with E-state index in [1.807, 2.05) is 0 Å². The zero-order valence-corrected chi connectivity index (χ0v) is 13.5. The van der Waals surface area contributed by atoms with E-state index in [0.29, 0.717) is 12.1 Å². The van der Waals surface area contributed by atoms with E-state index in [-0.39, 0.29) is 0 Å². The van der Waals surface area contributed by atoms with E-state index in [0.717, 1.165) is 30.7 Å². The quantitative estimate of drug-likeness (QED) is 0.898. The van der Waals surface area contributed by atoms with Crippen LogP contribution in [0.1, 0.15) is 31.9 Å². The van der Waals surface area contributed by atoms with Crippen molar-refractivity contribution in [3.63, 3.8) is 0 Å². The molecule has 19 heavy (non-hydrogen) atoms. The summed E-state index contributed by atoms with van der Waals surface area (Å²) in [4.78, 5) is 2.32. The number of nitrogens with one attached hydrogen (secondary N) is 1. The lowest BCUT2D eigenvalue weighted by molar-refractivity contribution is 0.193. The molecule has 2 atom stereocenters. The van der Waals surface area contributed by atoms with Crippen molar-refractivity contribution in [1.82, 2.24) is 5.32 Å². The van der Waals surface area contributed by atoms with E-state index in [1.54, 1.807) is 0 Å². The molecule has 0 spiro atoms. The van der Waals surface area contributed by atoms with E-state index >= 15 is 0 Å². The molecule has 1 aliphatic rings. The van der Waals surface area contributed by atoms with Gasteiger partial charge in [0.25, 0.3) is 0 Å². The molecule has 0 saturated carbocycles. The summed E-state index contributed by atoms with van der Waals surface area (Å²) < 4.78 is 6.62. The Labute approximate surface area is 124 Å². The number of ether oxygens (including phenoxy) is 1. The number of hydrogen-bond acceptors (Lipinski definition) is 3. The van der Waals surface area contributed by atoms with Crippen LogP contribution in [0.3, 0.4) is 0 Å². The summed E-state index contributed by atoms with van der Waals surface area (Å²) in [5, 5.41) is 3.44. The lowest BCUT2D eigenvalue weighted by Crippen LogP contribution is -2.32. The number of benzene rings is 1. The summed E-state index contributed by atoms with van der Waals surface area (Å²) in [5.74, 6) is 0. The molecule has 106 valence electrons. The van der Waals surface area contributed by atoms with Gasteiger partial charge in [-0.3, -0.25) is 0 Å². The first kappa shape index (κ1) is 14.8. The summed E-state index contributed by atoms with van der Waals surface area (Å²) in [6.07, 6.45) is 1.11. The van der Waals surface area contributed by atoms with Crippen molar-refractivity contribution < 1.29 is 4.74 Å². The Morgan fingerprint density at radius 3 is 2.89 bits per heavy atom. The maximum atomic E-state index is 5.47. The first-order valence-corrected chi connectivity index (χ1v) is 7.76. The molecular weight excluding hydrogens is 304 g/mol. The lowest BCUT2D eigenvalue weighted by Gasteiger charge is -2.27. The van der Waals surface area contributed by atoms with Crippen molar-refractivity contribution in [2.45, 2.75) is 32.4 Å². The van der Waals surface area contributed by atoms with Crippen LogP contribution in [0.25, 0.3) is 0 Å². The number of halogens is 1. The molecule has 2 unspecified atom stereocenters. The fraction of sp³-hybridized carbons (Fsp3) is 0.600. The Morgan fingerprint density at radius 1 is 1.53 bits per heavy atom. The van der Waals surface area contributed by atoms with Gasteiger partial charge >= 0.3 is 0 Å². The lowest BCUT2D eigenvalue weighted by atomic mass is 10.1. The minimum absolute atomic E-state index is 0.385. The molecule has 3 nitrogen and oxygen atoms in total. The molecule has 1 fully saturated rings. The third-order valence-electron chi connectivity index (χ3n) is 3.82. The van der Waals surface area contributed by atoms with Crippen LogP contribution in [0.4, 0.5) is 5.69 Å². The first-order valence-electron chi connectivity index (χ1n) is 6.97. The molecule has 1 aromatic rings. The van der Waals surface area contributed by atoms with Crippen LogP contribution in [0.5, 0.6) is 0 Å². The number of hydrogen-bond donors (Lipinski definition) is 1. The summed E-state index contributed by atoms with van der Waals surface area (Å²) in [6.45, 7) is 7.02. The van der Waals surface area contributed by atoms with Crippen molar-refractivity contribution in [1.29, 1.82) is 0 Å². The molecule has 1 aromatic carbocycles. The molecule has 1 aliphatic heterocycles. The van der Waals surface area contributed by atoms with Crippen LogP contribution in [0.15, 0.2) is 22.7 Å². The summed E-state index contributed by atoms with van der Waals surface area (Å²) in [6, 6.07) is 7.50. The largest absolute Gasteiger partial charge is 0.379 e. The Hall–Kier alpha value is -0.580. The SMILES string of the molecule is CCNC(C)c1ccc(N(C)C2CCOC2)c(Br)c1. The Bertz CT molecular complexity index is 419. The number of likely N-dealkylation sites (N-methyl/N-ethyl adjacent to an activating group) is 1. The normalized spacial score (nSPS) is 20.5. The third kappa shape index (κ3) is 3.50. The molecule has 1 heterocycles. The van der Waals surface area contributed by atoms with Gasteiger partial charge in [0.15, 0.2) is 0 Å². The summed E-state index contributed by atoms with van der Waals surface area (Å²) in [5.41, 5.74) is 2.55. The number of rotatable bonds is 5. The van der Waals surface area contributed by atoms with Crippen LogP contribution in [-0.4, -0.2) is 32.8 Å². The van der Waals surface area contributed by atoms with Gasteiger partial charge in [0, 0.05) is 24.2 Å². The standard InChI is InChI=1S/C15H23BrN2O/c1-4-17-11(2)12-5-6-15(14(16)9-12)18(3)13-7-8-19-10-13/h5-6,9,11,13,17H,4,7-8,10H2,1-3H3. The molecule has 1 N–H and O–H groups in total. The van der Waals surface area contributed by atoms with Gasteiger partial charge in [-0.25, -0.2) is 0 Å². The topological polar surface area (TPSA) is 24.5 Å². The molecule has 1 saturated heterocycles. The molecule has 4 heteroatoms. The van der Waals surface area contributed by atoms with Gasteiger partial charge in [0.05, 0.1) is 18.3 Å². The van der Waals surface area contributed by atoms with Gasteiger partial charge in [0.2, 0.25) is 0 Å².